The molecule has 0 aromatic carbocycles. The van der Waals surface area contributed by atoms with Crippen LogP contribution in [0.25, 0.3) is 0 Å². The first kappa shape index (κ1) is 6.80. The van der Waals surface area contributed by atoms with E-state index >= 15 is 0 Å². The lowest BCUT2D eigenvalue weighted by Gasteiger charge is -1.91. The second kappa shape index (κ2) is 5.80. The third-order valence-corrected chi connectivity index (χ3v) is 0.478. The molecule has 0 atom stereocenters. The first-order valence-corrected chi connectivity index (χ1v) is 2.02. The van der Waals surface area contributed by atoms with Gasteiger partial charge in [-0.3, -0.25) is 10.9 Å². The van der Waals surface area contributed by atoms with Crippen molar-refractivity contribution in [3.05, 3.63) is 9.81 Å². The third kappa shape index (κ3) is 4.80. The van der Waals surface area contributed by atoms with Gasteiger partial charge >= 0.3 is 0 Å². The van der Waals surface area contributed by atoms with E-state index in [-0.39, 0.29) is 0 Å². The van der Waals surface area contributed by atoms with E-state index in [1.807, 2.05) is 0 Å². The standard InChI is InChI=1S/C2H6N4O2/c7-5-3-1-2-4-6-8/h1-2H2,(H,3,7)(H,4,8). The number of rotatable bonds is 5. The van der Waals surface area contributed by atoms with Crippen molar-refractivity contribution in [2.24, 2.45) is 10.6 Å². The molecule has 6 nitrogen and oxygen atoms in total. The van der Waals surface area contributed by atoms with Crippen LogP contribution in [0, 0.1) is 9.81 Å². The fraction of sp³-hybridized carbons (Fsp3) is 1.00. The van der Waals surface area contributed by atoms with Gasteiger partial charge in [-0.2, -0.15) is 0 Å². The van der Waals surface area contributed by atoms with Gasteiger partial charge in [-0.15, -0.1) is 9.81 Å². The fourth-order valence-electron chi connectivity index (χ4n) is 0.203. The summed E-state index contributed by atoms with van der Waals surface area (Å²) >= 11 is 0. The van der Waals surface area contributed by atoms with Gasteiger partial charge in [0.1, 0.15) is 0 Å². The predicted molar refractivity (Wildman–Crippen MR) is 27.6 cm³/mol. The molecule has 8 heavy (non-hydrogen) atoms. The van der Waals surface area contributed by atoms with E-state index < -0.39 is 0 Å². The normalized spacial score (nSPS) is 7.50. The van der Waals surface area contributed by atoms with Gasteiger partial charge in [0, 0.05) is 10.6 Å². The molecule has 0 aromatic heterocycles. The van der Waals surface area contributed by atoms with Crippen LogP contribution in [-0.4, -0.2) is 13.1 Å². The minimum absolute atomic E-state index is 0.315. The molecule has 0 bridgehead atoms. The summed E-state index contributed by atoms with van der Waals surface area (Å²) in [6.07, 6.45) is 0. The quantitative estimate of drug-likeness (QED) is 0.290. The number of hydrogen-bond acceptors (Lipinski definition) is 4. The molecule has 0 amide bonds. The van der Waals surface area contributed by atoms with Crippen molar-refractivity contribution in [2.75, 3.05) is 13.1 Å². The number of hydrogen-bond donors (Lipinski definition) is 2. The largest absolute Gasteiger partial charge is 0.272 e. The van der Waals surface area contributed by atoms with Crippen molar-refractivity contribution in [1.82, 2.24) is 10.9 Å². The molecule has 0 unspecified atom stereocenters. The Labute approximate surface area is 45.5 Å². The Balaban J connectivity index is 2.71. The topological polar surface area (TPSA) is 82.9 Å². The zero-order valence-electron chi connectivity index (χ0n) is 4.13. The van der Waals surface area contributed by atoms with E-state index in [0.29, 0.717) is 13.1 Å². The Bertz CT molecular complexity index is 64.4. The van der Waals surface area contributed by atoms with Gasteiger partial charge in [0.25, 0.3) is 0 Å². The first-order valence-electron chi connectivity index (χ1n) is 2.02. The van der Waals surface area contributed by atoms with Crippen LogP contribution in [0.3, 0.4) is 0 Å². The maximum absolute atomic E-state index is 9.27. The SMILES string of the molecule is O=NNCCNN=O. The van der Waals surface area contributed by atoms with Gasteiger partial charge in [-0.25, -0.2) is 0 Å². The Kier molecular flexibility index (Phi) is 4.93. The molecular formula is C2H6N4O2. The number of nitrogens with one attached hydrogen (secondary N) is 2. The van der Waals surface area contributed by atoms with Gasteiger partial charge in [0.2, 0.25) is 0 Å². The average Bonchev–Trinajstić information content (AvgIpc) is 1.81. The van der Waals surface area contributed by atoms with Crippen molar-refractivity contribution >= 4 is 0 Å². The minimum atomic E-state index is 0.315. The lowest BCUT2D eigenvalue weighted by atomic mass is 10.7. The molecule has 0 saturated carbocycles. The summed E-state index contributed by atoms with van der Waals surface area (Å²) in [5, 5.41) is 4.65. The van der Waals surface area contributed by atoms with Crippen LogP contribution >= 0.6 is 0 Å². The van der Waals surface area contributed by atoms with Crippen LogP contribution in [0.4, 0.5) is 0 Å². The first-order chi connectivity index (χ1) is 3.91. The van der Waals surface area contributed by atoms with Crippen LogP contribution in [0.5, 0.6) is 0 Å². The second-order valence-electron chi connectivity index (χ2n) is 0.999. The van der Waals surface area contributed by atoms with E-state index in [0.717, 1.165) is 0 Å². The van der Waals surface area contributed by atoms with Gasteiger partial charge in [-0.05, 0) is 0 Å². The highest BCUT2D eigenvalue weighted by atomic mass is 16.3. The van der Waals surface area contributed by atoms with Crippen molar-refractivity contribution in [2.45, 2.75) is 0 Å². The van der Waals surface area contributed by atoms with Crippen molar-refractivity contribution in [3.8, 4) is 0 Å². The molecular weight excluding hydrogens is 112 g/mol. The van der Waals surface area contributed by atoms with E-state index in [9.17, 15) is 9.81 Å². The molecule has 6 heteroatoms. The zero-order valence-corrected chi connectivity index (χ0v) is 4.13. The molecule has 0 saturated heterocycles. The van der Waals surface area contributed by atoms with Crippen LogP contribution in [0.15, 0.2) is 10.6 Å². The molecule has 0 aliphatic heterocycles. The summed E-state index contributed by atoms with van der Waals surface area (Å²) in [6.45, 7) is 0.629. The van der Waals surface area contributed by atoms with E-state index in [4.69, 9.17) is 0 Å². The van der Waals surface area contributed by atoms with Crippen molar-refractivity contribution in [1.29, 1.82) is 0 Å². The van der Waals surface area contributed by atoms with Crippen LogP contribution < -0.4 is 10.9 Å². The summed E-state index contributed by atoms with van der Waals surface area (Å²) in [5.41, 5.74) is 4.18. The summed E-state index contributed by atoms with van der Waals surface area (Å²) < 4.78 is 0. The Hall–Kier alpha value is -1.20. The van der Waals surface area contributed by atoms with E-state index in [1.165, 1.54) is 0 Å². The molecule has 0 aliphatic carbocycles. The molecule has 0 spiro atoms. The van der Waals surface area contributed by atoms with Crippen molar-refractivity contribution in [3.63, 3.8) is 0 Å². The summed E-state index contributed by atoms with van der Waals surface area (Å²) in [5.74, 6) is 0. The monoisotopic (exact) mass is 118 g/mol. The summed E-state index contributed by atoms with van der Waals surface area (Å²) in [6, 6.07) is 0. The highest BCUT2D eigenvalue weighted by Gasteiger charge is 1.79. The summed E-state index contributed by atoms with van der Waals surface area (Å²) in [7, 11) is 0. The molecule has 0 fully saturated rings. The fourth-order valence-corrected chi connectivity index (χ4v) is 0.203. The second-order valence-corrected chi connectivity index (χ2v) is 0.999. The Morgan fingerprint density at radius 2 is 1.38 bits per heavy atom. The van der Waals surface area contributed by atoms with E-state index in [1.54, 1.807) is 0 Å². The molecule has 0 aromatic rings. The molecule has 0 aliphatic rings. The average molecular weight is 118 g/mol. The van der Waals surface area contributed by atoms with E-state index in [2.05, 4.69) is 21.4 Å². The lowest BCUT2D eigenvalue weighted by molar-refractivity contribution is 0.646. The minimum Gasteiger partial charge on any atom is -0.272 e. The Morgan fingerprint density at radius 3 is 1.62 bits per heavy atom. The lowest BCUT2D eigenvalue weighted by Crippen LogP contribution is -2.19. The van der Waals surface area contributed by atoms with Crippen molar-refractivity contribution < 1.29 is 0 Å². The van der Waals surface area contributed by atoms with Gasteiger partial charge in [0.05, 0.1) is 13.1 Å². The highest BCUT2D eigenvalue weighted by molar-refractivity contribution is 4.40. The van der Waals surface area contributed by atoms with Crippen LogP contribution in [-0.2, 0) is 0 Å². The molecule has 2 N–H and O–H groups in total. The van der Waals surface area contributed by atoms with Crippen LogP contribution in [0.2, 0.25) is 0 Å². The van der Waals surface area contributed by atoms with Gasteiger partial charge < -0.3 is 0 Å². The summed E-state index contributed by atoms with van der Waals surface area (Å²) in [4.78, 5) is 18.5. The third-order valence-electron chi connectivity index (χ3n) is 0.478. The Morgan fingerprint density at radius 1 is 1.00 bits per heavy atom. The van der Waals surface area contributed by atoms with Gasteiger partial charge in [-0.1, -0.05) is 0 Å². The molecule has 0 radical (unpaired) electrons. The maximum atomic E-state index is 9.27. The maximum Gasteiger partial charge on any atom is 0.0552 e. The zero-order chi connectivity index (χ0) is 6.24. The van der Waals surface area contributed by atoms with Crippen LogP contribution in [0.1, 0.15) is 0 Å². The smallest absolute Gasteiger partial charge is 0.0552 e. The molecule has 0 heterocycles. The molecule has 0 rings (SSSR count). The number of nitroso groups, excluding NO2 is 2. The predicted octanol–water partition coefficient (Wildman–Crippen LogP) is -0.472. The number of nitrogens with zero attached hydrogens (tertiary/aromatic N) is 2. The van der Waals surface area contributed by atoms with Gasteiger partial charge in [0.15, 0.2) is 0 Å². The highest BCUT2D eigenvalue weighted by Crippen LogP contribution is 1.56. The molecule has 46 valence electrons.